The molecule has 1 saturated heterocycles. The number of nitrogens with zero attached hydrogens (tertiary/aromatic N) is 2. The summed E-state index contributed by atoms with van der Waals surface area (Å²) in [6.45, 7) is 1.25. The largest absolute Gasteiger partial charge is 0.507 e. The van der Waals surface area contributed by atoms with Crippen molar-refractivity contribution >= 4 is 34.8 Å². The maximum absolute atomic E-state index is 13.3. The third kappa shape index (κ3) is 3.86. The monoisotopic (exact) mass is 484 g/mol. The van der Waals surface area contributed by atoms with Crippen molar-refractivity contribution < 1.29 is 29.0 Å². The van der Waals surface area contributed by atoms with E-state index in [0.717, 1.165) is 5.69 Å². The van der Waals surface area contributed by atoms with Crippen molar-refractivity contribution in [2.75, 3.05) is 37.1 Å². The van der Waals surface area contributed by atoms with Crippen LogP contribution in [0.4, 0.5) is 11.4 Å². The van der Waals surface area contributed by atoms with Gasteiger partial charge in [0.15, 0.2) is 0 Å². The quantitative estimate of drug-likeness (QED) is 0.259. The standard InChI is InChI=1S/C28H24N2O6/c1-29-14-15-36-22-13-10-19(16-21(22)29)25(31)23-24(17-6-4-3-5-7-17)30(27(33)26(23)32)20-11-8-18(9-12-20)28(34)35-2/h3-13,16,24,31H,14-15H2,1-2H3/b25-23-. The number of ketones is 1. The Labute approximate surface area is 208 Å². The van der Waals surface area contributed by atoms with Gasteiger partial charge in [-0.3, -0.25) is 14.5 Å². The lowest BCUT2D eigenvalue weighted by Crippen LogP contribution is -2.29. The predicted octanol–water partition coefficient (Wildman–Crippen LogP) is 3.93. The van der Waals surface area contributed by atoms with E-state index in [4.69, 9.17) is 9.47 Å². The lowest BCUT2D eigenvalue weighted by Gasteiger charge is -2.28. The summed E-state index contributed by atoms with van der Waals surface area (Å²) in [6, 6.07) is 19.6. The average Bonchev–Trinajstić information content (AvgIpc) is 3.18. The number of anilines is 2. The molecule has 0 aliphatic carbocycles. The fourth-order valence-corrected chi connectivity index (χ4v) is 4.58. The molecule has 3 aromatic rings. The molecule has 8 nitrogen and oxygen atoms in total. The van der Waals surface area contributed by atoms with Gasteiger partial charge >= 0.3 is 5.97 Å². The molecule has 2 heterocycles. The maximum atomic E-state index is 13.3. The van der Waals surface area contributed by atoms with Crippen molar-refractivity contribution in [2.24, 2.45) is 0 Å². The molecule has 8 heteroatoms. The summed E-state index contributed by atoms with van der Waals surface area (Å²) in [7, 11) is 3.21. The highest BCUT2D eigenvalue weighted by Crippen LogP contribution is 2.43. The molecule has 0 aromatic heterocycles. The predicted molar refractivity (Wildman–Crippen MR) is 134 cm³/mol. The second-order valence-corrected chi connectivity index (χ2v) is 8.57. The molecule has 3 aromatic carbocycles. The zero-order valence-electron chi connectivity index (χ0n) is 19.8. The zero-order valence-corrected chi connectivity index (χ0v) is 19.8. The number of ether oxygens (including phenoxy) is 2. The second kappa shape index (κ2) is 9.22. The van der Waals surface area contributed by atoms with Crippen LogP contribution in [0.3, 0.4) is 0 Å². The van der Waals surface area contributed by atoms with Crippen LogP contribution in [0.2, 0.25) is 0 Å². The van der Waals surface area contributed by atoms with Gasteiger partial charge in [0.2, 0.25) is 0 Å². The molecule has 2 aliphatic heterocycles. The summed E-state index contributed by atoms with van der Waals surface area (Å²) in [5.74, 6) is -1.65. The van der Waals surface area contributed by atoms with Crippen molar-refractivity contribution in [1.29, 1.82) is 0 Å². The number of Topliss-reactive ketones (excluding diaryl/α,β-unsaturated/α-hetero) is 1. The maximum Gasteiger partial charge on any atom is 0.337 e. The van der Waals surface area contributed by atoms with Gasteiger partial charge in [-0.25, -0.2) is 4.79 Å². The highest BCUT2D eigenvalue weighted by molar-refractivity contribution is 6.51. The molecule has 0 saturated carbocycles. The highest BCUT2D eigenvalue weighted by atomic mass is 16.5. The Hall–Kier alpha value is -4.59. The minimum Gasteiger partial charge on any atom is -0.507 e. The normalized spacial score (nSPS) is 18.6. The molecule has 36 heavy (non-hydrogen) atoms. The van der Waals surface area contributed by atoms with Crippen LogP contribution in [0.25, 0.3) is 5.76 Å². The Bertz CT molecular complexity index is 1380. The van der Waals surface area contributed by atoms with Gasteiger partial charge in [-0.15, -0.1) is 0 Å². The van der Waals surface area contributed by atoms with E-state index >= 15 is 0 Å². The summed E-state index contributed by atoms with van der Waals surface area (Å²) in [4.78, 5) is 41.9. The van der Waals surface area contributed by atoms with Gasteiger partial charge in [-0.2, -0.15) is 0 Å². The number of rotatable bonds is 4. The SMILES string of the molecule is COC(=O)c1ccc(N2C(=O)C(=O)/C(=C(\O)c3ccc4c(c3)N(C)CCO4)C2c2ccccc2)cc1. The van der Waals surface area contributed by atoms with Gasteiger partial charge in [-0.1, -0.05) is 30.3 Å². The number of benzene rings is 3. The van der Waals surface area contributed by atoms with Gasteiger partial charge < -0.3 is 19.5 Å². The third-order valence-corrected chi connectivity index (χ3v) is 6.45. The first-order valence-corrected chi connectivity index (χ1v) is 11.4. The van der Waals surface area contributed by atoms with Gasteiger partial charge in [0, 0.05) is 18.3 Å². The lowest BCUT2D eigenvalue weighted by molar-refractivity contribution is -0.132. The molecule has 0 spiro atoms. The second-order valence-electron chi connectivity index (χ2n) is 8.57. The van der Waals surface area contributed by atoms with E-state index in [1.165, 1.54) is 24.1 Å². The summed E-state index contributed by atoms with van der Waals surface area (Å²) >= 11 is 0. The molecule has 182 valence electrons. The van der Waals surface area contributed by atoms with Gasteiger partial charge in [0.25, 0.3) is 11.7 Å². The van der Waals surface area contributed by atoms with E-state index in [0.29, 0.717) is 41.3 Å². The molecular formula is C28H24N2O6. The van der Waals surface area contributed by atoms with Gasteiger partial charge in [0.1, 0.15) is 18.1 Å². The Morgan fingerprint density at radius 3 is 2.39 bits per heavy atom. The number of likely N-dealkylation sites (N-methyl/N-ethyl adjacent to an activating group) is 1. The Morgan fingerprint density at radius 2 is 1.69 bits per heavy atom. The van der Waals surface area contributed by atoms with E-state index in [1.807, 2.05) is 18.0 Å². The molecule has 1 atom stereocenters. The fourth-order valence-electron chi connectivity index (χ4n) is 4.58. The number of hydrogen-bond donors (Lipinski definition) is 1. The molecule has 0 bridgehead atoms. The summed E-state index contributed by atoms with van der Waals surface area (Å²) < 4.78 is 10.4. The molecule has 1 fully saturated rings. The summed E-state index contributed by atoms with van der Waals surface area (Å²) in [5.41, 5.74) is 2.57. The fraction of sp³-hybridized carbons (Fsp3) is 0.179. The Balaban J connectivity index is 1.65. The lowest BCUT2D eigenvalue weighted by atomic mass is 9.95. The van der Waals surface area contributed by atoms with Crippen molar-refractivity contribution in [2.45, 2.75) is 6.04 Å². The van der Waals surface area contributed by atoms with E-state index in [9.17, 15) is 19.5 Å². The minimum atomic E-state index is -0.861. The molecule has 1 amide bonds. The van der Waals surface area contributed by atoms with E-state index in [2.05, 4.69) is 0 Å². The van der Waals surface area contributed by atoms with E-state index in [-0.39, 0.29) is 11.3 Å². The minimum absolute atomic E-state index is 0.0115. The number of hydrogen-bond acceptors (Lipinski definition) is 7. The van der Waals surface area contributed by atoms with Crippen LogP contribution in [-0.4, -0.2) is 50.1 Å². The molecule has 0 radical (unpaired) electrons. The van der Waals surface area contributed by atoms with Crippen molar-refractivity contribution in [3.05, 3.63) is 95.1 Å². The van der Waals surface area contributed by atoms with Crippen LogP contribution in [-0.2, 0) is 14.3 Å². The molecular weight excluding hydrogens is 460 g/mol. The van der Waals surface area contributed by atoms with Crippen LogP contribution >= 0.6 is 0 Å². The van der Waals surface area contributed by atoms with Crippen LogP contribution in [0.1, 0.15) is 27.5 Å². The van der Waals surface area contributed by atoms with Crippen LogP contribution in [0.15, 0.2) is 78.4 Å². The first-order chi connectivity index (χ1) is 17.4. The highest BCUT2D eigenvalue weighted by Gasteiger charge is 2.47. The third-order valence-electron chi connectivity index (χ3n) is 6.45. The first kappa shape index (κ1) is 23.2. The number of aliphatic hydroxyl groups excluding tert-OH is 1. The van der Waals surface area contributed by atoms with Crippen molar-refractivity contribution in [3.8, 4) is 5.75 Å². The summed E-state index contributed by atoms with van der Waals surface area (Å²) in [5, 5.41) is 11.4. The molecule has 1 N–H and O–H groups in total. The van der Waals surface area contributed by atoms with E-state index < -0.39 is 23.7 Å². The van der Waals surface area contributed by atoms with Crippen molar-refractivity contribution in [1.82, 2.24) is 0 Å². The Morgan fingerprint density at radius 1 is 1.00 bits per heavy atom. The summed E-state index contributed by atoms with van der Waals surface area (Å²) in [6.07, 6.45) is 0. The molecule has 2 aliphatic rings. The van der Waals surface area contributed by atoms with E-state index in [1.54, 1.807) is 54.6 Å². The van der Waals surface area contributed by atoms with Crippen LogP contribution in [0.5, 0.6) is 5.75 Å². The van der Waals surface area contributed by atoms with Gasteiger partial charge in [0.05, 0.1) is 36.5 Å². The van der Waals surface area contributed by atoms with Gasteiger partial charge in [-0.05, 0) is 48.0 Å². The number of methoxy groups -OCH3 is 1. The zero-order chi connectivity index (χ0) is 25.4. The average molecular weight is 485 g/mol. The topological polar surface area (TPSA) is 96.4 Å². The number of carbonyl (C=O) groups is 3. The number of aliphatic hydroxyl groups is 1. The van der Waals surface area contributed by atoms with Crippen LogP contribution in [0, 0.1) is 0 Å². The van der Waals surface area contributed by atoms with Crippen LogP contribution < -0.4 is 14.5 Å². The number of fused-ring (bicyclic) bond motifs is 1. The molecule has 1 unspecified atom stereocenters. The number of esters is 1. The Kier molecular flexibility index (Phi) is 5.93. The smallest absolute Gasteiger partial charge is 0.337 e. The number of carbonyl (C=O) groups excluding carboxylic acids is 3. The number of amides is 1. The molecule has 5 rings (SSSR count). The van der Waals surface area contributed by atoms with Crippen molar-refractivity contribution in [3.63, 3.8) is 0 Å². The first-order valence-electron chi connectivity index (χ1n) is 11.4.